The molecule has 3 aromatic carbocycles. The molecule has 3 rings (SSSR count). The Kier molecular flexibility index (Phi) is 15.7. The van der Waals surface area contributed by atoms with Crippen LogP contribution in [0.3, 0.4) is 0 Å². The van der Waals surface area contributed by atoms with E-state index in [4.69, 9.17) is 9.47 Å². The number of nitrogens with zero attached hydrogens (tertiary/aromatic N) is 1. The highest BCUT2D eigenvalue weighted by atomic mass is 16.6. The summed E-state index contributed by atoms with van der Waals surface area (Å²) < 4.78 is 10.8. The van der Waals surface area contributed by atoms with Crippen LogP contribution < -0.4 is 16.0 Å². The van der Waals surface area contributed by atoms with Crippen LogP contribution in [0, 0.1) is 5.92 Å². The molecule has 11 heteroatoms. The Hall–Kier alpha value is -4.45. The van der Waals surface area contributed by atoms with E-state index >= 15 is 0 Å². The molecule has 0 saturated heterocycles. The highest BCUT2D eigenvalue weighted by Crippen LogP contribution is 2.16. The van der Waals surface area contributed by atoms with E-state index in [0.717, 1.165) is 16.7 Å². The van der Waals surface area contributed by atoms with Crippen molar-refractivity contribution in [2.45, 2.75) is 90.0 Å². The first kappa shape index (κ1) is 40.0. The van der Waals surface area contributed by atoms with Gasteiger partial charge in [-0.15, -0.1) is 0 Å². The van der Waals surface area contributed by atoms with E-state index in [-0.39, 0.29) is 31.5 Å². The molecule has 0 saturated carbocycles. The van der Waals surface area contributed by atoms with Gasteiger partial charge in [-0.3, -0.25) is 4.79 Å². The summed E-state index contributed by atoms with van der Waals surface area (Å²) in [5, 5.41) is 31.4. The predicted molar refractivity (Wildman–Crippen MR) is 193 cm³/mol. The number of amides is 3. The number of carbonyl (C=O) groups excluding carboxylic acids is 3. The maximum absolute atomic E-state index is 13.9. The zero-order chi connectivity index (χ0) is 36.7. The minimum Gasteiger partial charge on any atom is -0.445 e. The van der Waals surface area contributed by atoms with Crippen molar-refractivity contribution in [3.63, 3.8) is 0 Å². The second-order valence-corrected chi connectivity index (χ2v) is 13.9. The Bertz CT molecular complexity index is 1450. The summed E-state index contributed by atoms with van der Waals surface area (Å²) in [5.74, 6) is -0.641. The van der Waals surface area contributed by atoms with Crippen LogP contribution >= 0.6 is 0 Å². The van der Waals surface area contributed by atoms with Crippen molar-refractivity contribution in [2.75, 3.05) is 20.1 Å². The molecule has 0 aliphatic heterocycles. The molecule has 50 heavy (non-hydrogen) atoms. The summed E-state index contributed by atoms with van der Waals surface area (Å²) in [4.78, 5) is 40.8. The van der Waals surface area contributed by atoms with Gasteiger partial charge >= 0.3 is 12.2 Å². The number of carbonyl (C=O) groups is 3. The largest absolute Gasteiger partial charge is 0.445 e. The molecule has 5 N–H and O–H groups in total. The first-order valence-electron chi connectivity index (χ1n) is 17.1. The molecule has 0 unspecified atom stereocenters. The summed E-state index contributed by atoms with van der Waals surface area (Å²) in [6.45, 7) is 9.11. The van der Waals surface area contributed by atoms with Crippen LogP contribution in [-0.4, -0.2) is 89.3 Å². The molecule has 0 bridgehead atoms. The van der Waals surface area contributed by atoms with E-state index in [1.807, 2.05) is 105 Å². The number of nitrogens with one attached hydrogen (secondary N) is 3. The molecule has 3 amide bonds. The summed E-state index contributed by atoms with van der Waals surface area (Å²) in [6, 6.07) is 26.0. The number of rotatable bonds is 17. The molecule has 0 fully saturated rings. The maximum atomic E-state index is 13.9. The molecule has 5 atom stereocenters. The van der Waals surface area contributed by atoms with Gasteiger partial charge in [-0.05, 0) is 56.2 Å². The second-order valence-electron chi connectivity index (χ2n) is 13.9. The fourth-order valence-electron chi connectivity index (χ4n) is 5.44. The van der Waals surface area contributed by atoms with Crippen molar-refractivity contribution < 1.29 is 34.1 Å². The van der Waals surface area contributed by atoms with E-state index in [0.29, 0.717) is 12.8 Å². The SMILES string of the molecule is CC(C)[C@H](NC(=O)OCc1ccccc1)C(=O)N(C)[C@@H](Cc1ccccc1)[C@H](O)CNC[C@@H](O)[C@H](Cc1ccccc1)NC(=O)OC(C)(C)C. The smallest absolute Gasteiger partial charge is 0.408 e. The third kappa shape index (κ3) is 13.8. The molecule has 272 valence electrons. The molecule has 0 radical (unpaired) electrons. The van der Waals surface area contributed by atoms with Gasteiger partial charge in [-0.2, -0.15) is 0 Å². The Morgan fingerprint density at radius 1 is 0.720 bits per heavy atom. The Morgan fingerprint density at radius 2 is 1.22 bits per heavy atom. The fourth-order valence-corrected chi connectivity index (χ4v) is 5.44. The molecular formula is C39H54N4O7. The van der Waals surface area contributed by atoms with Crippen molar-refractivity contribution in [3.05, 3.63) is 108 Å². The number of aliphatic hydroxyl groups is 2. The Labute approximate surface area is 296 Å². The molecule has 0 aliphatic rings. The summed E-state index contributed by atoms with van der Waals surface area (Å²) in [5.41, 5.74) is 1.95. The van der Waals surface area contributed by atoms with Gasteiger partial charge in [0.25, 0.3) is 0 Å². The number of benzene rings is 3. The number of hydrogen-bond donors (Lipinski definition) is 5. The highest BCUT2D eigenvalue weighted by Gasteiger charge is 2.34. The van der Waals surface area contributed by atoms with Crippen LogP contribution in [0.5, 0.6) is 0 Å². The Morgan fingerprint density at radius 3 is 1.74 bits per heavy atom. The summed E-state index contributed by atoms with van der Waals surface area (Å²) in [6.07, 6.45) is -2.74. The van der Waals surface area contributed by atoms with Crippen LogP contribution in [0.1, 0.15) is 51.3 Å². The third-order valence-corrected chi connectivity index (χ3v) is 8.17. The van der Waals surface area contributed by atoms with Crippen LogP contribution in [0.15, 0.2) is 91.0 Å². The lowest BCUT2D eigenvalue weighted by atomic mass is 9.96. The first-order valence-corrected chi connectivity index (χ1v) is 17.1. The molecule has 3 aromatic rings. The van der Waals surface area contributed by atoms with E-state index in [1.165, 1.54) is 4.90 Å². The molecule has 0 spiro atoms. The zero-order valence-electron chi connectivity index (χ0n) is 30.0. The van der Waals surface area contributed by atoms with Crippen molar-refractivity contribution in [1.29, 1.82) is 0 Å². The van der Waals surface area contributed by atoms with Crippen molar-refractivity contribution in [3.8, 4) is 0 Å². The quantitative estimate of drug-likeness (QED) is 0.140. The van der Waals surface area contributed by atoms with E-state index < -0.39 is 48.1 Å². The van der Waals surface area contributed by atoms with Gasteiger partial charge in [-0.1, -0.05) is 105 Å². The lowest BCUT2D eigenvalue weighted by Crippen LogP contribution is -2.57. The van der Waals surface area contributed by atoms with Crippen LogP contribution in [-0.2, 0) is 33.7 Å². The van der Waals surface area contributed by atoms with E-state index in [9.17, 15) is 24.6 Å². The number of alkyl carbamates (subject to hydrolysis) is 2. The third-order valence-electron chi connectivity index (χ3n) is 8.17. The molecule has 0 heterocycles. The Balaban J connectivity index is 1.69. The number of ether oxygens (including phenoxy) is 2. The van der Waals surface area contributed by atoms with Gasteiger partial charge in [0.05, 0.1) is 24.3 Å². The van der Waals surface area contributed by atoms with Gasteiger partial charge in [0.1, 0.15) is 18.2 Å². The summed E-state index contributed by atoms with van der Waals surface area (Å²) >= 11 is 0. The number of aliphatic hydroxyl groups excluding tert-OH is 2. The average Bonchev–Trinajstić information content (AvgIpc) is 3.08. The minimum absolute atomic E-state index is 0.0373. The monoisotopic (exact) mass is 690 g/mol. The highest BCUT2D eigenvalue weighted by molar-refractivity contribution is 5.86. The lowest BCUT2D eigenvalue weighted by Gasteiger charge is -2.36. The van der Waals surface area contributed by atoms with E-state index in [2.05, 4.69) is 16.0 Å². The van der Waals surface area contributed by atoms with Gasteiger partial charge in [0.2, 0.25) is 5.91 Å². The van der Waals surface area contributed by atoms with Crippen LogP contribution in [0.25, 0.3) is 0 Å². The number of hydrogen-bond acceptors (Lipinski definition) is 8. The average molecular weight is 691 g/mol. The maximum Gasteiger partial charge on any atom is 0.408 e. The standard InChI is InChI=1S/C39H54N4O7/c1-27(2)35(42-37(47)49-26-30-20-14-9-15-21-30)36(46)43(6)32(23-29-18-12-8-13-19-29)34(45)25-40-24-33(44)31(22-28-16-10-7-11-17-28)41-38(48)50-39(3,4)5/h7-21,27,31-35,40,44-45H,22-26H2,1-6H3,(H,41,48)(H,42,47)/t31-,32-,33+,34+,35-/m0/s1. The lowest BCUT2D eigenvalue weighted by molar-refractivity contribution is -0.137. The first-order chi connectivity index (χ1) is 23.7. The van der Waals surface area contributed by atoms with E-state index in [1.54, 1.807) is 27.8 Å². The molecule has 0 aromatic heterocycles. The van der Waals surface area contributed by atoms with Gasteiger partial charge < -0.3 is 40.5 Å². The molecule has 0 aliphatic carbocycles. The van der Waals surface area contributed by atoms with Gasteiger partial charge in [-0.25, -0.2) is 9.59 Å². The van der Waals surface area contributed by atoms with Crippen molar-refractivity contribution >= 4 is 18.1 Å². The van der Waals surface area contributed by atoms with Gasteiger partial charge in [0, 0.05) is 20.1 Å². The van der Waals surface area contributed by atoms with Crippen molar-refractivity contribution in [1.82, 2.24) is 20.9 Å². The fraction of sp³-hybridized carbons (Fsp3) is 0.462. The van der Waals surface area contributed by atoms with Crippen LogP contribution in [0.2, 0.25) is 0 Å². The molecule has 11 nitrogen and oxygen atoms in total. The van der Waals surface area contributed by atoms with Crippen LogP contribution in [0.4, 0.5) is 9.59 Å². The topological polar surface area (TPSA) is 149 Å². The molecular weight excluding hydrogens is 636 g/mol. The normalized spacial score (nSPS) is 14.5. The van der Waals surface area contributed by atoms with Gasteiger partial charge in [0.15, 0.2) is 0 Å². The minimum atomic E-state index is -1.06. The zero-order valence-corrected chi connectivity index (χ0v) is 30.0. The predicted octanol–water partition coefficient (Wildman–Crippen LogP) is 4.45. The second kappa shape index (κ2) is 19.7. The number of likely N-dealkylation sites (N-methyl/N-ethyl adjacent to an activating group) is 1. The van der Waals surface area contributed by atoms with Crippen molar-refractivity contribution in [2.24, 2.45) is 5.92 Å². The summed E-state index contributed by atoms with van der Waals surface area (Å²) in [7, 11) is 1.61.